The Balaban J connectivity index is 2.47. The van der Waals surface area contributed by atoms with Crippen LogP contribution in [0.4, 0.5) is 0 Å². The topological polar surface area (TPSA) is 91.6 Å². The van der Waals surface area contributed by atoms with E-state index in [1.807, 2.05) is 19.9 Å². The molecule has 2 aromatic rings. The predicted molar refractivity (Wildman–Crippen MR) is 78.3 cm³/mol. The van der Waals surface area contributed by atoms with Gasteiger partial charge in [0.25, 0.3) is 0 Å². The van der Waals surface area contributed by atoms with Crippen LogP contribution in [0, 0.1) is 0 Å². The fourth-order valence-corrected chi connectivity index (χ4v) is 2.27. The van der Waals surface area contributed by atoms with Gasteiger partial charge in [0.15, 0.2) is 11.3 Å². The van der Waals surface area contributed by atoms with Crippen molar-refractivity contribution in [3.8, 4) is 5.75 Å². The van der Waals surface area contributed by atoms with E-state index in [0.29, 0.717) is 17.9 Å². The molecule has 0 saturated carbocycles. The van der Waals surface area contributed by atoms with E-state index in [9.17, 15) is 14.7 Å². The minimum Gasteiger partial charge on any atom is -0.546 e. The first kappa shape index (κ1) is 15.9. The van der Waals surface area contributed by atoms with Gasteiger partial charge in [0.2, 0.25) is 5.91 Å². The second-order valence-corrected chi connectivity index (χ2v) is 5.30. The number of rotatable bonds is 6. The highest BCUT2D eigenvalue weighted by Crippen LogP contribution is 2.36. The molecule has 0 saturated heterocycles. The fraction of sp³-hybridized carbons (Fsp3) is 0.375. The van der Waals surface area contributed by atoms with Crippen molar-refractivity contribution < 1.29 is 23.8 Å². The second kappa shape index (κ2) is 6.51. The molecular weight excluding hydrogens is 286 g/mol. The molecule has 0 fully saturated rings. The number of aliphatic carboxylic acids is 1. The van der Waals surface area contributed by atoms with Crippen LogP contribution in [0.25, 0.3) is 11.0 Å². The average Bonchev–Trinajstić information content (AvgIpc) is 2.82. The van der Waals surface area contributed by atoms with E-state index < -0.39 is 12.6 Å². The van der Waals surface area contributed by atoms with E-state index in [1.165, 1.54) is 6.92 Å². The molecule has 1 aromatic carbocycles. The van der Waals surface area contributed by atoms with Gasteiger partial charge in [-0.05, 0) is 6.07 Å². The summed E-state index contributed by atoms with van der Waals surface area (Å²) in [7, 11) is 0. The summed E-state index contributed by atoms with van der Waals surface area (Å²) in [6, 6.07) is 5.25. The molecule has 0 bridgehead atoms. The highest BCUT2D eigenvalue weighted by molar-refractivity contribution is 5.88. The number of nitrogens with one attached hydrogen (secondary N) is 1. The van der Waals surface area contributed by atoms with Crippen LogP contribution in [-0.4, -0.2) is 18.5 Å². The SMILES string of the molecule is CC(=O)NCc1c(C(C)C)oc2c(OCC(=O)[O-])cccc12. The van der Waals surface area contributed by atoms with Crippen molar-refractivity contribution in [2.75, 3.05) is 6.61 Å². The molecule has 1 heterocycles. The maximum absolute atomic E-state index is 11.2. The summed E-state index contributed by atoms with van der Waals surface area (Å²) in [5, 5.41) is 14.1. The maximum atomic E-state index is 11.2. The molecule has 0 aliphatic carbocycles. The van der Waals surface area contributed by atoms with Crippen molar-refractivity contribution in [2.45, 2.75) is 33.2 Å². The van der Waals surface area contributed by atoms with Crippen LogP contribution in [0.2, 0.25) is 0 Å². The Morgan fingerprint density at radius 3 is 2.68 bits per heavy atom. The third-order valence-electron chi connectivity index (χ3n) is 3.20. The second-order valence-electron chi connectivity index (χ2n) is 5.30. The molecule has 6 heteroatoms. The first-order valence-electron chi connectivity index (χ1n) is 7.01. The number of carboxylic acids is 1. The quantitative estimate of drug-likeness (QED) is 0.869. The largest absolute Gasteiger partial charge is 0.546 e. The van der Waals surface area contributed by atoms with E-state index in [1.54, 1.807) is 12.1 Å². The zero-order valence-electron chi connectivity index (χ0n) is 12.8. The molecule has 6 nitrogen and oxygen atoms in total. The highest BCUT2D eigenvalue weighted by Gasteiger charge is 2.19. The van der Waals surface area contributed by atoms with Crippen molar-refractivity contribution in [2.24, 2.45) is 0 Å². The van der Waals surface area contributed by atoms with E-state index >= 15 is 0 Å². The van der Waals surface area contributed by atoms with Crippen molar-refractivity contribution >= 4 is 22.8 Å². The first-order valence-corrected chi connectivity index (χ1v) is 7.01. The third-order valence-corrected chi connectivity index (χ3v) is 3.20. The van der Waals surface area contributed by atoms with Crippen molar-refractivity contribution in [3.63, 3.8) is 0 Å². The number of hydrogen-bond acceptors (Lipinski definition) is 5. The van der Waals surface area contributed by atoms with Gasteiger partial charge in [-0.3, -0.25) is 4.79 Å². The Morgan fingerprint density at radius 1 is 1.36 bits per heavy atom. The average molecular weight is 304 g/mol. The van der Waals surface area contributed by atoms with Crippen molar-refractivity contribution in [3.05, 3.63) is 29.5 Å². The summed E-state index contributed by atoms with van der Waals surface area (Å²) in [6.07, 6.45) is 0. The smallest absolute Gasteiger partial charge is 0.217 e. The molecule has 0 atom stereocenters. The normalized spacial score (nSPS) is 10.9. The van der Waals surface area contributed by atoms with Gasteiger partial charge in [0, 0.05) is 30.3 Å². The van der Waals surface area contributed by atoms with E-state index in [-0.39, 0.29) is 11.8 Å². The lowest BCUT2D eigenvalue weighted by Crippen LogP contribution is -2.28. The molecule has 0 aliphatic rings. The van der Waals surface area contributed by atoms with Crippen LogP contribution < -0.4 is 15.2 Å². The highest BCUT2D eigenvalue weighted by atomic mass is 16.5. The lowest BCUT2D eigenvalue weighted by atomic mass is 10.0. The number of carboxylic acid groups (broad SMARTS) is 1. The molecule has 0 spiro atoms. The van der Waals surface area contributed by atoms with Crippen molar-refractivity contribution in [1.29, 1.82) is 0 Å². The number of carbonyl (C=O) groups excluding carboxylic acids is 2. The van der Waals surface area contributed by atoms with Gasteiger partial charge in [0.05, 0.1) is 5.97 Å². The summed E-state index contributed by atoms with van der Waals surface area (Å²) in [5.74, 6) is -0.226. The van der Waals surface area contributed by atoms with E-state index in [2.05, 4.69) is 5.32 Å². The minimum absolute atomic E-state index is 0.116. The standard InChI is InChI=1S/C16H19NO5/c1-9(2)15-12(7-17-10(3)18)11-5-4-6-13(16(11)22-15)21-8-14(19)20/h4-6,9H,7-8H2,1-3H3,(H,17,18)(H,19,20)/p-1. The lowest BCUT2D eigenvalue weighted by Gasteiger charge is -2.07. The number of ether oxygens (including phenoxy) is 1. The maximum Gasteiger partial charge on any atom is 0.217 e. The Morgan fingerprint density at radius 2 is 2.09 bits per heavy atom. The summed E-state index contributed by atoms with van der Waals surface area (Å²) in [6.45, 7) is 5.22. The van der Waals surface area contributed by atoms with Crippen LogP contribution >= 0.6 is 0 Å². The summed E-state index contributed by atoms with van der Waals surface area (Å²) < 4.78 is 11.1. The van der Waals surface area contributed by atoms with E-state index in [4.69, 9.17) is 9.15 Å². The van der Waals surface area contributed by atoms with Gasteiger partial charge in [0.1, 0.15) is 12.4 Å². The molecule has 22 heavy (non-hydrogen) atoms. The summed E-state index contributed by atoms with van der Waals surface area (Å²) >= 11 is 0. The van der Waals surface area contributed by atoms with Crippen LogP contribution in [-0.2, 0) is 16.1 Å². The van der Waals surface area contributed by atoms with Crippen molar-refractivity contribution in [1.82, 2.24) is 5.32 Å². The van der Waals surface area contributed by atoms with Gasteiger partial charge in [-0.25, -0.2) is 0 Å². The monoisotopic (exact) mass is 304 g/mol. The zero-order valence-corrected chi connectivity index (χ0v) is 12.8. The molecule has 0 aliphatic heterocycles. The molecule has 1 amide bonds. The Labute approximate surface area is 128 Å². The number of amides is 1. The van der Waals surface area contributed by atoms with Crippen LogP contribution in [0.3, 0.4) is 0 Å². The van der Waals surface area contributed by atoms with E-state index in [0.717, 1.165) is 16.7 Å². The van der Waals surface area contributed by atoms with Crippen LogP contribution in [0.15, 0.2) is 22.6 Å². The molecular formula is C16H18NO5-. The lowest BCUT2D eigenvalue weighted by molar-refractivity contribution is -0.307. The number of furan rings is 1. The number of fused-ring (bicyclic) bond motifs is 1. The zero-order chi connectivity index (χ0) is 16.3. The Hall–Kier alpha value is -2.50. The number of carbonyl (C=O) groups is 2. The Kier molecular flexibility index (Phi) is 4.70. The van der Waals surface area contributed by atoms with Crippen LogP contribution in [0.1, 0.15) is 38.0 Å². The number of para-hydroxylation sites is 1. The van der Waals surface area contributed by atoms with Gasteiger partial charge in [-0.2, -0.15) is 0 Å². The number of benzene rings is 1. The van der Waals surface area contributed by atoms with Gasteiger partial charge < -0.3 is 24.4 Å². The van der Waals surface area contributed by atoms with Crippen LogP contribution in [0.5, 0.6) is 5.75 Å². The predicted octanol–water partition coefficient (Wildman–Crippen LogP) is 1.32. The fourth-order valence-electron chi connectivity index (χ4n) is 2.27. The minimum atomic E-state index is -1.30. The molecule has 1 aromatic heterocycles. The molecule has 2 rings (SSSR count). The van der Waals surface area contributed by atoms with Gasteiger partial charge in [-0.1, -0.05) is 26.0 Å². The molecule has 0 radical (unpaired) electrons. The number of hydrogen-bond donors (Lipinski definition) is 1. The summed E-state index contributed by atoms with van der Waals surface area (Å²) in [5.41, 5.74) is 1.35. The molecule has 0 unspecified atom stereocenters. The molecule has 1 N–H and O–H groups in total. The molecule has 118 valence electrons. The third kappa shape index (κ3) is 3.39. The Bertz CT molecular complexity index is 702. The summed E-state index contributed by atoms with van der Waals surface area (Å²) in [4.78, 5) is 21.7. The van der Waals surface area contributed by atoms with Gasteiger partial charge in [-0.15, -0.1) is 0 Å². The first-order chi connectivity index (χ1) is 10.4. The van der Waals surface area contributed by atoms with Gasteiger partial charge >= 0.3 is 0 Å².